The number of hydrogen-bond acceptors (Lipinski definition) is 3. The van der Waals surface area contributed by atoms with E-state index in [1.165, 1.54) is 0 Å². The van der Waals surface area contributed by atoms with Crippen molar-refractivity contribution in [1.82, 2.24) is 14.7 Å². The number of rotatable bonds is 5. The fourth-order valence-electron chi connectivity index (χ4n) is 3.08. The van der Waals surface area contributed by atoms with E-state index >= 15 is 0 Å². The first-order valence-corrected chi connectivity index (χ1v) is 8.79. The molecule has 1 fully saturated rings. The first-order chi connectivity index (χ1) is 12.7. The van der Waals surface area contributed by atoms with E-state index in [0.29, 0.717) is 12.1 Å². The fraction of sp³-hybridized carbons (Fsp3) is 0.238. The van der Waals surface area contributed by atoms with Crippen LogP contribution in [0, 0.1) is 0 Å². The van der Waals surface area contributed by atoms with Crippen LogP contribution in [-0.4, -0.2) is 40.8 Å². The maximum Gasteiger partial charge on any atom is 0.257 e. The van der Waals surface area contributed by atoms with Gasteiger partial charge in [-0.15, -0.1) is 0 Å². The van der Waals surface area contributed by atoms with Gasteiger partial charge < -0.3 is 9.64 Å². The molecule has 1 aliphatic heterocycles. The summed E-state index contributed by atoms with van der Waals surface area (Å²) in [5.41, 5.74) is 3.45. The van der Waals surface area contributed by atoms with Crippen LogP contribution in [0.25, 0.3) is 11.3 Å². The van der Waals surface area contributed by atoms with E-state index in [1.807, 2.05) is 58.2 Å². The average Bonchev–Trinajstić information content (AvgIpc) is 3.05. The summed E-state index contributed by atoms with van der Waals surface area (Å²) in [5.74, 6) is 0.842. The third kappa shape index (κ3) is 3.20. The van der Waals surface area contributed by atoms with Crippen LogP contribution in [0.15, 0.2) is 60.8 Å². The van der Waals surface area contributed by atoms with Crippen LogP contribution in [0.5, 0.6) is 5.75 Å². The molecule has 1 amide bonds. The summed E-state index contributed by atoms with van der Waals surface area (Å²) in [4.78, 5) is 14.7. The summed E-state index contributed by atoms with van der Waals surface area (Å²) in [6.45, 7) is 2.28. The van der Waals surface area contributed by atoms with Gasteiger partial charge in [0.1, 0.15) is 11.4 Å². The molecule has 5 nitrogen and oxygen atoms in total. The van der Waals surface area contributed by atoms with Gasteiger partial charge in [0.05, 0.1) is 19.2 Å². The van der Waals surface area contributed by atoms with Crippen molar-refractivity contribution in [2.75, 3.05) is 20.2 Å². The number of ether oxygens (including phenoxy) is 1. The zero-order valence-electron chi connectivity index (χ0n) is 14.8. The Morgan fingerprint density at radius 3 is 2.42 bits per heavy atom. The molecule has 4 rings (SSSR count). The van der Waals surface area contributed by atoms with Crippen molar-refractivity contribution in [1.29, 1.82) is 0 Å². The summed E-state index contributed by atoms with van der Waals surface area (Å²) in [5, 5.41) is 4.72. The van der Waals surface area contributed by atoms with Gasteiger partial charge in [0.15, 0.2) is 0 Å². The molecule has 5 heteroatoms. The van der Waals surface area contributed by atoms with Gasteiger partial charge in [-0.2, -0.15) is 5.10 Å². The Kier molecular flexibility index (Phi) is 4.44. The van der Waals surface area contributed by atoms with Crippen molar-refractivity contribution in [2.45, 2.75) is 13.0 Å². The highest BCUT2D eigenvalue weighted by Crippen LogP contribution is 2.27. The molecule has 1 aliphatic rings. The Morgan fingerprint density at radius 2 is 1.81 bits per heavy atom. The highest BCUT2D eigenvalue weighted by molar-refractivity contribution is 6.00. The van der Waals surface area contributed by atoms with Crippen LogP contribution >= 0.6 is 0 Å². The number of carbonyl (C=O) groups is 1. The van der Waals surface area contributed by atoms with Gasteiger partial charge in [0.2, 0.25) is 0 Å². The van der Waals surface area contributed by atoms with Gasteiger partial charge in [-0.3, -0.25) is 9.48 Å². The van der Waals surface area contributed by atoms with E-state index in [1.54, 1.807) is 7.11 Å². The Morgan fingerprint density at radius 1 is 1.08 bits per heavy atom. The molecule has 0 saturated carbocycles. The number of methoxy groups -OCH3 is 1. The number of hydrogen-bond donors (Lipinski definition) is 0. The standard InChI is InChI=1S/C21H21N3O2/c1-26-18-10-8-17(9-11-18)20-19(21(25)23-12-5-13-23)15-24(22-20)14-16-6-3-2-4-7-16/h2-4,6-11,15H,5,12-14H2,1H3. The molecule has 0 spiro atoms. The van der Waals surface area contributed by atoms with Crippen LogP contribution in [0.2, 0.25) is 0 Å². The summed E-state index contributed by atoms with van der Waals surface area (Å²) >= 11 is 0. The predicted octanol–water partition coefficient (Wildman–Crippen LogP) is 3.45. The van der Waals surface area contributed by atoms with Crippen molar-refractivity contribution in [3.8, 4) is 17.0 Å². The minimum Gasteiger partial charge on any atom is -0.497 e. The van der Waals surface area contributed by atoms with Crippen LogP contribution < -0.4 is 4.74 Å². The predicted molar refractivity (Wildman–Crippen MR) is 100 cm³/mol. The first kappa shape index (κ1) is 16.4. The molecule has 1 aromatic heterocycles. The quantitative estimate of drug-likeness (QED) is 0.710. The molecule has 0 atom stereocenters. The third-order valence-electron chi connectivity index (χ3n) is 4.69. The normalized spacial score (nSPS) is 13.3. The highest BCUT2D eigenvalue weighted by Gasteiger charge is 2.26. The maximum absolute atomic E-state index is 12.9. The number of aromatic nitrogens is 2. The van der Waals surface area contributed by atoms with Gasteiger partial charge in [-0.1, -0.05) is 30.3 Å². The van der Waals surface area contributed by atoms with Crippen molar-refractivity contribution < 1.29 is 9.53 Å². The SMILES string of the molecule is COc1ccc(-c2nn(Cc3ccccc3)cc2C(=O)N2CCC2)cc1. The zero-order chi connectivity index (χ0) is 17.9. The van der Waals surface area contributed by atoms with Gasteiger partial charge in [-0.25, -0.2) is 0 Å². The molecule has 0 unspecified atom stereocenters. The molecule has 0 aliphatic carbocycles. The Balaban J connectivity index is 1.70. The molecule has 132 valence electrons. The lowest BCUT2D eigenvalue weighted by molar-refractivity contribution is 0.0652. The minimum atomic E-state index is 0.0568. The molecule has 2 heterocycles. The second-order valence-corrected chi connectivity index (χ2v) is 6.45. The van der Waals surface area contributed by atoms with Crippen LogP contribution in [0.3, 0.4) is 0 Å². The Bertz CT molecular complexity index is 897. The topological polar surface area (TPSA) is 47.4 Å². The van der Waals surface area contributed by atoms with Gasteiger partial charge in [0, 0.05) is 24.8 Å². The number of likely N-dealkylation sites (tertiary alicyclic amines) is 1. The lowest BCUT2D eigenvalue weighted by Gasteiger charge is -2.30. The molecule has 3 aromatic rings. The smallest absolute Gasteiger partial charge is 0.257 e. The molecule has 0 bridgehead atoms. The summed E-state index contributed by atoms with van der Waals surface area (Å²) < 4.78 is 7.08. The number of nitrogens with zero attached hydrogens (tertiary/aromatic N) is 3. The van der Waals surface area contributed by atoms with Crippen LogP contribution in [0.4, 0.5) is 0 Å². The summed E-state index contributed by atoms with van der Waals surface area (Å²) in [6, 6.07) is 17.8. The number of carbonyl (C=O) groups excluding carboxylic acids is 1. The van der Waals surface area contributed by atoms with Crippen molar-refractivity contribution >= 4 is 5.91 Å². The molecule has 0 N–H and O–H groups in total. The molecule has 2 aromatic carbocycles. The van der Waals surface area contributed by atoms with Crippen molar-refractivity contribution in [2.24, 2.45) is 0 Å². The van der Waals surface area contributed by atoms with E-state index in [2.05, 4.69) is 12.1 Å². The Hall–Kier alpha value is -3.08. The maximum atomic E-state index is 12.9. The molecular weight excluding hydrogens is 326 g/mol. The minimum absolute atomic E-state index is 0.0568. The Labute approximate surface area is 152 Å². The van der Waals surface area contributed by atoms with Crippen molar-refractivity contribution in [3.05, 3.63) is 71.9 Å². The van der Waals surface area contributed by atoms with E-state index in [-0.39, 0.29) is 5.91 Å². The lowest BCUT2D eigenvalue weighted by atomic mass is 10.1. The van der Waals surface area contributed by atoms with E-state index in [0.717, 1.165) is 42.1 Å². The highest BCUT2D eigenvalue weighted by atomic mass is 16.5. The molecular formula is C21H21N3O2. The van der Waals surface area contributed by atoms with Crippen molar-refractivity contribution in [3.63, 3.8) is 0 Å². The largest absolute Gasteiger partial charge is 0.497 e. The van der Waals surface area contributed by atoms with E-state index < -0.39 is 0 Å². The molecule has 0 radical (unpaired) electrons. The lowest BCUT2D eigenvalue weighted by Crippen LogP contribution is -2.42. The zero-order valence-corrected chi connectivity index (χ0v) is 14.8. The average molecular weight is 347 g/mol. The molecule has 1 saturated heterocycles. The van der Waals surface area contributed by atoms with Gasteiger partial charge >= 0.3 is 0 Å². The van der Waals surface area contributed by atoms with Gasteiger partial charge in [0.25, 0.3) is 5.91 Å². The first-order valence-electron chi connectivity index (χ1n) is 8.79. The summed E-state index contributed by atoms with van der Waals surface area (Å²) in [7, 11) is 1.64. The second kappa shape index (κ2) is 7.04. The monoisotopic (exact) mass is 347 g/mol. The second-order valence-electron chi connectivity index (χ2n) is 6.45. The summed E-state index contributed by atoms with van der Waals surface area (Å²) in [6.07, 6.45) is 2.94. The van der Waals surface area contributed by atoms with Crippen LogP contribution in [-0.2, 0) is 6.54 Å². The van der Waals surface area contributed by atoms with E-state index in [9.17, 15) is 4.79 Å². The number of benzene rings is 2. The molecule has 26 heavy (non-hydrogen) atoms. The number of amides is 1. The van der Waals surface area contributed by atoms with E-state index in [4.69, 9.17) is 9.84 Å². The van der Waals surface area contributed by atoms with Gasteiger partial charge in [-0.05, 0) is 36.2 Å². The fourth-order valence-corrected chi connectivity index (χ4v) is 3.08. The van der Waals surface area contributed by atoms with Crippen LogP contribution in [0.1, 0.15) is 22.3 Å². The third-order valence-corrected chi connectivity index (χ3v) is 4.69.